The molecule has 0 saturated heterocycles. The Kier molecular flexibility index (Phi) is 4.80. The van der Waals surface area contributed by atoms with E-state index in [-0.39, 0.29) is 12.4 Å². The summed E-state index contributed by atoms with van der Waals surface area (Å²) >= 11 is 0. The third kappa shape index (κ3) is 3.91. The van der Waals surface area contributed by atoms with E-state index in [1.807, 2.05) is 13.8 Å². The second-order valence-electron chi connectivity index (χ2n) is 7.21. The topological polar surface area (TPSA) is 51.5 Å². The summed E-state index contributed by atoms with van der Waals surface area (Å²) < 4.78 is 20.7. The SMILES string of the molecule is CC(C)Cc1cc(F)cc2cc(CO)n(C(=O)OC(C)(C)C)c12. The van der Waals surface area contributed by atoms with Crippen molar-refractivity contribution in [3.63, 3.8) is 0 Å². The zero-order valence-corrected chi connectivity index (χ0v) is 14.3. The van der Waals surface area contributed by atoms with E-state index >= 15 is 0 Å². The first-order chi connectivity index (χ1) is 10.6. The Labute approximate surface area is 135 Å². The van der Waals surface area contributed by atoms with Crippen molar-refractivity contribution in [2.75, 3.05) is 0 Å². The molecule has 0 aliphatic carbocycles. The molecule has 0 radical (unpaired) electrons. The van der Waals surface area contributed by atoms with Crippen LogP contribution in [0.25, 0.3) is 10.9 Å². The van der Waals surface area contributed by atoms with Gasteiger partial charge in [-0.3, -0.25) is 0 Å². The Bertz CT molecular complexity index is 726. The molecule has 0 atom stereocenters. The maximum atomic E-state index is 13.9. The number of halogens is 1. The number of rotatable bonds is 3. The summed E-state index contributed by atoms with van der Waals surface area (Å²) in [5.41, 5.74) is 1.09. The first-order valence-electron chi connectivity index (χ1n) is 7.79. The van der Waals surface area contributed by atoms with Gasteiger partial charge in [0.15, 0.2) is 0 Å². The summed E-state index contributed by atoms with van der Waals surface area (Å²) in [6.07, 6.45) is 0.0690. The van der Waals surface area contributed by atoms with E-state index in [1.54, 1.807) is 26.8 Å². The predicted octanol–water partition coefficient (Wildman–Crippen LogP) is 4.25. The Balaban J connectivity index is 2.68. The molecule has 0 saturated carbocycles. The molecule has 0 unspecified atom stereocenters. The lowest BCUT2D eigenvalue weighted by molar-refractivity contribution is 0.0533. The van der Waals surface area contributed by atoms with Gasteiger partial charge in [-0.25, -0.2) is 13.8 Å². The van der Waals surface area contributed by atoms with Crippen LogP contribution >= 0.6 is 0 Å². The molecular formula is C18H24FNO3. The molecule has 126 valence electrons. The molecule has 0 bridgehead atoms. The maximum absolute atomic E-state index is 13.9. The van der Waals surface area contributed by atoms with Gasteiger partial charge < -0.3 is 9.84 Å². The van der Waals surface area contributed by atoms with Crippen molar-refractivity contribution in [3.8, 4) is 0 Å². The molecule has 2 rings (SSSR count). The fourth-order valence-corrected chi connectivity index (χ4v) is 2.68. The average molecular weight is 321 g/mol. The third-order valence-corrected chi connectivity index (χ3v) is 3.38. The quantitative estimate of drug-likeness (QED) is 0.919. The van der Waals surface area contributed by atoms with Gasteiger partial charge in [-0.2, -0.15) is 0 Å². The lowest BCUT2D eigenvalue weighted by Gasteiger charge is -2.21. The Morgan fingerprint density at radius 3 is 2.48 bits per heavy atom. The predicted molar refractivity (Wildman–Crippen MR) is 88.0 cm³/mol. The molecule has 1 aromatic heterocycles. The van der Waals surface area contributed by atoms with Gasteiger partial charge in [-0.15, -0.1) is 0 Å². The van der Waals surface area contributed by atoms with E-state index in [4.69, 9.17) is 4.74 Å². The largest absolute Gasteiger partial charge is 0.443 e. The average Bonchev–Trinajstić information content (AvgIpc) is 2.74. The number of hydrogen-bond acceptors (Lipinski definition) is 3. The van der Waals surface area contributed by atoms with E-state index in [0.29, 0.717) is 28.9 Å². The maximum Gasteiger partial charge on any atom is 0.419 e. The zero-order chi connectivity index (χ0) is 17.4. The van der Waals surface area contributed by atoms with Crippen LogP contribution in [0.1, 0.15) is 45.9 Å². The first kappa shape index (κ1) is 17.5. The number of aromatic nitrogens is 1. The highest BCUT2D eigenvalue weighted by atomic mass is 19.1. The number of hydrogen-bond donors (Lipinski definition) is 1. The minimum absolute atomic E-state index is 0.305. The van der Waals surface area contributed by atoms with Crippen molar-refractivity contribution in [2.24, 2.45) is 5.92 Å². The summed E-state index contributed by atoms with van der Waals surface area (Å²) in [7, 11) is 0. The minimum Gasteiger partial charge on any atom is -0.443 e. The van der Waals surface area contributed by atoms with Gasteiger partial charge in [0, 0.05) is 5.39 Å². The van der Waals surface area contributed by atoms with Crippen LogP contribution in [-0.2, 0) is 17.8 Å². The van der Waals surface area contributed by atoms with Gasteiger partial charge in [-0.05, 0) is 56.9 Å². The number of ether oxygens (including phenoxy) is 1. The summed E-state index contributed by atoms with van der Waals surface area (Å²) in [4.78, 5) is 12.6. The van der Waals surface area contributed by atoms with E-state index in [9.17, 15) is 14.3 Å². The minimum atomic E-state index is -0.654. The Morgan fingerprint density at radius 1 is 1.30 bits per heavy atom. The van der Waals surface area contributed by atoms with E-state index in [1.165, 1.54) is 16.7 Å². The molecule has 4 nitrogen and oxygen atoms in total. The van der Waals surface area contributed by atoms with Crippen LogP contribution in [0.3, 0.4) is 0 Å². The van der Waals surface area contributed by atoms with Crippen LogP contribution in [0.2, 0.25) is 0 Å². The number of aliphatic hydroxyl groups is 1. The fraction of sp³-hybridized carbons (Fsp3) is 0.500. The van der Waals surface area contributed by atoms with Crippen molar-refractivity contribution < 1.29 is 19.0 Å². The standard InChI is InChI=1S/C18H24FNO3/c1-11(2)6-12-7-14(19)8-13-9-15(10-21)20(16(12)13)17(22)23-18(3,4)5/h7-9,11,21H,6,10H2,1-5H3. The van der Waals surface area contributed by atoms with Gasteiger partial charge in [-0.1, -0.05) is 13.8 Å². The third-order valence-electron chi connectivity index (χ3n) is 3.38. The highest BCUT2D eigenvalue weighted by molar-refractivity contribution is 5.93. The Hall–Kier alpha value is -1.88. The van der Waals surface area contributed by atoms with Gasteiger partial charge in [0.2, 0.25) is 0 Å². The van der Waals surface area contributed by atoms with Crippen LogP contribution in [0.5, 0.6) is 0 Å². The number of benzene rings is 1. The van der Waals surface area contributed by atoms with Crippen LogP contribution in [0.4, 0.5) is 9.18 Å². The summed E-state index contributed by atoms with van der Waals surface area (Å²) in [5, 5.41) is 10.2. The summed E-state index contributed by atoms with van der Waals surface area (Å²) in [6, 6.07) is 4.45. The smallest absolute Gasteiger partial charge is 0.419 e. The number of fused-ring (bicyclic) bond motifs is 1. The second-order valence-corrected chi connectivity index (χ2v) is 7.21. The van der Waals surface area contributed by atoms with Gasteiger partial charge in [0.25, 0.3) is 0 Å². The van der Waals surface area contributed by atoms with Gasteiger partial charge in [0.05, 0.1) is 17.8 Å². The lowest BCUT2D eigenvalue weighted by atomic mass is 10.0. The van der Waals surface area contributed by atoms with Crippen molar-refractivity contribution in [1.29, 1.82) is 0 Å². The molecule has 0 aliphatic heterocycles. The molecule has 1 heterocycles. The van der Waals surface area contributed by atoms with Crippen molar-refractivity contribution in [1.82, 2.24) is 4.57 Å². The second kappa shape index (κ2) is 6.32. The van der Waals surface area contributed by atoms with Crippen LogP contribution in [0.15, 0.2) is 18.2 Å². The molecule has 0 spiro atoms. The normalized spacial score (nSPS) is 12.2. The van der Waals surface area contributed by atoms with E-state index in [0.717, 1.165) is 5.56 Å². The molecule has 5 heteroatoms. The number of carbonyl (C=O) groups excluding carboxylic acids is 1. The van der Waals surface area contributed by atoms with Crippen molar-refractivity contribution >= 4 is 17.0 Å². The lowest BCUT2D eigenvalue weighted by Crippen LogP contribution is -2.28. The first-order valence-corrected chi connectivity index (χ1v) is 7.79. The molecule has 1 N–H and O–H groups in total. The zero-order valence-electron chi connectivity index (χ0n) is 14.3. The molecule has 0 amide bonds. The molecular weight excluding hydrogens is 297 g/mol. The summed E-state index contributed by atoms with van der Waals surface area (Å²) in [6.45, 7) is 9.09. The number of carbonyl (C=O) groups is 1. The molecule has 2 aromatic rings. The fourth-order valence-electron chi connectivity index (χ4n) is 2.68. The molecule has 23 heavy (non-hydrogen) atoms. The number of nitrogens with zero attached hydrogens (tertiary/aromatic N) is 1. The van der Waals surface area contributed by atoms with Crippen LogP contribution < -0.4 is 0 Å². The van der Waals surface area contributed by atoms with Crippen molar-refractivity contribution in [3.05, 3.63) is 35.3 Å². The van der Waals surface area contributed by atoms with E-state index < -0.39 is 11.7 Å². The number of aliphatic hydroxyl groups excluding tert-OH is 1. The van der Waals surface area contributed by atoms with Gasteiger partial charge >= 0.3 is 6.09 Å². The van der Waals surface area contributed by atoms with Crippen LogP contribution in [0, 0.1) is 11.7 Å². The van der Waals surface area contributed by atoms with E-state index in [2.05, 4.69) is 0 Å². The molecule has 1 aromatic carbocycles. The molecule has 0 fully saturated rings. The van der Waals surface area contributed by atoms with Gasteiger partial charge in [0.1, 0.15) is 11.4 Å². The van der Waals surface area contributed by atoms with Crippen LogP contribution in [-0.4, -0.2) is 21.4 Å². The molecule has 0 aliphatic rings. The van der Waals surface area contributed by atoms with Crippen molar-refractivity contribution in [2.45, 2.75) is 53.2 Å². The highest BCUT2D eigenvalue weighted by Gasteiger charge is 2.24. The monoisotopic (exact) mass is 321 g/mol. The Morgan fingerprint density at radius 2 is 1.96 bits per heavy atom. The summed E-state index contributed by atoms with van der Waals surface area (Å²) in [5.74, 6) is -0.0430. The highest BCUT2D eigenvalue weighted by Crippen LogP contribution is 2.28.